The van der Waals surface area contributed by atoms with Crippen molar-refractivity contribution in [1.82, 2.24) is 0 Å². The van der Waals surface area contributed by atoms with Crippen molar-refractivity contribution in [3.8, 4) is 0 Å². The van der Waals surface area contributed by atoms with E-state index in [1.165, 1.54) is 4.90 Å². The van der Waals surface area contributed by atoms with Crippen LogP contribution in [-0.4, -0.2) is 42.9 Å². The Morgan fingerprint density at radius 3 is 2.63 bits per heavy atom. The van der Waals surface area contributed by atoms with Crippen LogP contribution in [0.4, 0.5) is 11.4 Å². The van der Waals surface area contributed by atoms with E-state index in [2.05, 4.69) is 5.32 Å². The molecule has 9 heteroatoms. The van der Waals surface area contributed by atoms with E-state index in [1.807, 2.05) is 13.0 Å². The van der Waals surface area contributed by atoms with Gasteiger partial charge in [0.1, 0.15) is 17.9 Å². The second-order valence-electron chi connectivity index (χ2n) is 9.66. The monoisotopic (exact) mass is 494 g/mol. The Hall–Kier alpha value is -3.23. The van der Waals surface area contributed by atoms with Crippen LogP contribution in [0.25, 0.3) is 0 Å². The normalized spacial score (nSPS) is 30.5. The summed E-state index contributed by atoms with van der Waals surface area (Å²) in [4.78, 5) is 55.8. The molecule has 8 nitrogen and oxygen atoms in total. The SMILES string of the molecule is CCOC(=O)c1ccc(N2C(=O)[C@H]3[C@H]4CCC[NH+]4[C@@]4(C(=O)Nc5c4ccc(Cl)c5C)[C@@H]3C2=O)cc1. The minimum absolute atomic E-state index is 0.118. The number of quaternary nitrogens is 1. The van der Waals surface area contributed by atoms with Crippen molar-refractivity contribution < 1.29 is 28.8 Å². The number of ether oxygens (including phenoxy) is 1. The lowest BCUT2D eigenvalue weighted by Gasteiger charge is -2.33. The molecule has 3 saturated heterocycles. The van der Waals surface area contributed by atoms with Gasteiger partial charge in [-0.2, -0.15) is 0 Å². The molecule has 2 aromatic rings. The highest BCUT2D eigenvalue weighted by molar-refractivity contribution is 6.32. The molecule has 2 aromatic carbocycles. The minimum atomic E-state index is -1.16. The summed E-state index contributed by atoms with van der Waals surface area (Å²) in [7, 11) is 0. The average Bonchev–Trinajstić information content (AvgIpc) is 3.55. The summed E-state index contributed by atoms with van der Waals surface area (Å²) in [6.45, 7) is 4.55. The van der Waals surface area contributed by atoms with E-state index in [9.17, 15) is 19.2 Å². The third-order valence-electron chi connectivity index (χ3n) is 8.22. The number of rotatable bonds is 3. The molecule has 3 amide bonds. The first-order valence-corrected chi connectivity index (χ1v) is 12.3. The maximum Gasteiger partial charge on any atom is 0.338 e. The van der Waals surface area contributed by atoms with Crippen LogP contribution in [0.15, 0.2) is 36.4 Å². The third kappa shape index (κ3) is 2.72. The standard InChI is InChI=1S/C26H24ClN3O5/c1-3-35-24(33)14-6-8-15(9-7-14)30-22(31)19-18-5-4-12-29(18)26(20(19)23(30)32)16-10-11-17(27)13(2)21(16)28-25(26)34/h6-11,18-20H,3-5,12H2,1-2H3,(H,28,34)/p+1/t18-,19+,20+,26-/m1/s1. The van der Waals surface area contributed by atoms with Crippen molar-refractivity contribution in [2.75, 3.05) is 23.4 Å². The zero-order valence-electron chi connectivity index (χ0n) is 19.4. The Balaban J connectivity index is 1.46. The molecular weight excluding hydrogens is 470 g/mol. The van der Waals surface area contributed by atoms with Crippen molar-refractivity contribution in [3.05, 3.63) is 58.1 Å². The lowest BCUT2D eigenvalue weighted by molar-refractivity contribution is -0.948. The van der Waals surface area contributed by atoms with Crippen LogP contribution in [0.2, 0.25) is 5.02 Å². The number of hydrogen-bond donors (Lipinski definition) is 2. The van der Waals surface area contributed by atoms with Crippen LogP contribution in [0.3, 0.4) is 0 Å². The second kappa shape index (κ2) is 7.63. The molecule has 0 aliphatic carbocycles. The molecule has 4 heterocycles. The first-order valence-electron chi connectivity index (χ1n) is 11.9. The fraction of sp³-hybridized carbons (Fsp3) is 0.385. The molecule has 0 radical (unpaired) electrons. The number of benzene rings is 2. The number of fused-ring (bicyclic) bond motifs is 7. The van der Waals surface area contributed by atoms with Crippen molar-refractivity contribution >= 4 is 46.7 Å². The Morgan fingerprint density at radius 1 is 1.17 bits per heavy atom. The third-order valence-corrected chi connectivity index (χ3v) is 8.63. The quantitative estimate of drug-likeness (QED) is 0.501. The van der Waals surface area contributed by atoms with Gasteiger partial charge in [0.05, 0.1) is 30.1 Å². The molecule has 0 saturated carbocycles. The Bertz CT molecular complexity index is 1310. The van der Waals surface area contributed by atoms with Crippen molar-refractivity contribution in [1.29, 1.82) is 0 Å². The molecule has 0 bridgehead atoms. The molecule has 2 N–H and O–H groups in total. The Labute approximate surface area is 207 Å². The number of anilines is 2. The van der Waals surface area contributed by atoms with Gasteiger partial charge in [-0.1, -0.05) is 11.6 Å². The summed E-state index contributed by atoms with van der Waals surface area (Å²) in [5.41, 5.74) is 1.73. The van der Waals surface area contributed by atoms with Crippen LogP contribution >= 0.6 is 11.6 Å². The van der Waals surface area contributed by atoms with Gasteiger partial charge >= 0.3 is 5.97 Å². The smallest absolute Gasteiger partial charge is 0.338 e. The molecule has 4 aliphatic rings. The van der Waals surface area contributed by atoms with E-state index in [1.54, 1.807) is 37.3 Å². The lowest BCUT2D eigenvalue weighted by Crippen LogP contribution is -3.19. The first-order chi connectivity index (χ1) is 16.8. The van der Waals surface area contributed by atoms with Crippen LogP contribution in [0, 0.1) is 18.8 Å². The number of amides is 3. The molecule has 35 heavy (non-hydrogen) atoms. The van der Waals surface area contributed by atoms with E-state index in [-0.39, 0.29) is 30.4 Å². The fourth-order valence-electron chi connectivity index (χ4n) is 6.86. The van der Waals surface area contributed by atoms with E-state index in [0.29, 0.717) is 22.0 Å². The molecule has 6 rings (SSSR count). The number of hydrogen-bond acceptors (Lipinski definition) is 5. The predicted octanol–water partition coefficient (Wildman–Crippen LogP) is 1.84. The van der Waals surface area contributed by atoms with Crippen molar-refractivity contribution in [3.63, 3.8) is 0 Å². The van der Waals surface area contributed by atoms with Gasteiger partial charge in [0.25, 0.3) is 5.91 Å². The lowest BCUT2D eigenvalue weighted by atomic mass is 9.75. The van der Waals surface area contributed by atoms with Crippen molar-refractivity contribution in [2.45, 2.75) is 38.3 Å². The van der Waals surface area contributed by atoms with Gasteiger partial charge < -0.3 is 15.0 Å². The van der Waals surface area contributed by atoms with Gasteiger partial charge in [0.15, 0.2) is 0 Å². The highest BCUT2D eigenvalue weighted by Gasteiger charge is 2.78. The summed E-state index contributed by atoms with van der Waals surface area (Å²) >= 11 is 6.35. The second-order valence-corrected chi connectivity index (χ2v) is 10.1. The minimum Gasteiger partial charge on any atom is -0.462 e. The maximum absolute atomic E-state index is 14.0. The van der Waals surface area contributed by atoms with E-state index < -0.39 is 23.3 Å². The maximum atomic E-state index is 14.0. The largest absolute Gasteiger partial charge is 0.462 e. The zero-order valence-corrected chi connectivity index (χ0v) is 20.1. The van der Waals surface area contributed by atoms with E-state index >= 15 is 0 Å². The van der Waals surface area contributed by atoms with E-state index in [4.69, 9.17) is 16.3 Å². The van der Waals surface area contributed by atoms with Gasteiger partial charge in [-0.15, -0.1) is 0 Å². The van der Waals surface area contributed by atoms with Crippen LogP contribution in [-0.2, 0) is 24.7 Å². The highest BCUT2D eigenvalue weighted by Crippen LogP contribution is 2.53. The summed E-state index contributed by atoms with van der Waals surface area (Å²) in [5, 5.41) is 3.55. The topological polar surface area (TPSA) is 97.2 Å². The van der Waals surface area contributed by atoms with Gasteiger partial charge in [-0.3, -0.25) is 14.4 Å². The van der Waals surface area contributed by atoms with Gasteiger partial charge in [-0.05, 0) is 55.8 Å². The number of nitrogens with one attached hydrogen (secondary N) is 2. The molecule has 1 spiro atoms. The number of esters is 1. The molecule has 5 atom stereocenters. The van der Waals surface area contributed by atoms with Crippen molar-refractivity contribution in [2.24, 2.45) is 11.8 Å². The first kappa shape index (κ1) is 22.2. The van der Waals surface area contributed by atoms with Gasteiger partial charge in [-0.25, -0.2) is 9.69 Å². The Kier molecular flexibility index (Phi) is 4.85. The number of nitrogens with zero attached hydrogens (tertiary/aromatic N) is 1. The fourth-order valence-corrected chi connectivity index (χ4v) is 7.02. The zero-order chi connectivity index (χ0) is 24.6. The molecule has 4 aliphatic heterocycles. The predicted molar refractivity (Wildman–Crippen MR) is 127 cm³/mol. The molecule has 180 valence electrons. The average molecular weight is 495 g/mol. The number of carbonyl (C=O) groups excluding carboxylic acids is 4. The van der Waals surface area contributed by atoms with E-state index in [0.717, 1.165) is 35.4 Å². The molecule has 0 aromatic heterocycles. The molecule has 1 unspecified atom stereocenters. The summed E-state index contributed by atoms with van der Waals surface area (Å²) < 4.78 is 5.03. The Morgan fingerprint density at radius 2 is 1.91 bits per heavy atom. The van der Waals surface area contributed by atoms with Crippen LogP contribution in [0.5, 0.6) is 0 Å². The molecular formula is C26H25ClN3O5+. The number of carbonyl (C=O) groups is 4. The van der Waals surface area contributed by atoms with Gasteiger partial charge in [0, 0.05) is 23.4 Å². The highest BCUT2D eigenvalue weighted by atomic mass is 35.5. The summed E-state index contributed by atoms with van der Waals surface area (Å²) in [6.07, 6.45) is 1.66. The molecule has 3 fully saturated rings. The summed E-state index contributed by atoms with van der Waals surface area (Å²) in [5.74, 6) is -2.75. The number of imide groups is 1. The summed E-state index contributed by atoms with van der Waals surface area (Å²) in [6, 6.07) is 9.75. The van der Waals surface area contributed by atoms with Gasteiger partial charge in [0.2, 0.25) is 17.4 Å². The number of halogens is 1. The van der Waals surface area contributed by atoms with Crippen LogP contribution in [0.1, 0.15) is 41.3 Å². The van der Waals surface area contributed by atoms with Crippen LogP contribution < -0.4 is 15.1 Å².